The topological polar surface area (TPSA) is 55.6 Å². The largest absolute Gasteiger partial charge is 0.416 e. The van der Waals surface area contributed by atoms with Crippen LogP contribution in [-0.4, -0.2) is 26.8 Å². The molecule has 0 fully saturated rings. The van der Waals surface area contributed by atoms with E-state index >= 15 is 0 Å². The van der Waals surface area contributed by atoms with Crippen LogP contribution in [0.5, 0.6) is 0 Å². The van der Waals surface area contributed by atoms with E-state index in [4.69, 9.17) is 0 Å². The highest BCUT2D eigenvalue weighted by molar-refractivity contribution is 5.44. The van der Waals surface area contributed by atoms with Crippen LogP contribution >= 0.6 is 0 Å². The van der Waals surface area contributed by atoms with E-state index in [0.29, 0.717) is 23.6 Å². The van der Waals surface area contributed by atoms with Crippen molar-refractivity contribution in [3.8, 4) is 5.69 Å². The second-order valence-corrected chi connectivity index (χ2v) is 4.73. The van der Waals surface area contributed by atoms with Crippen molar-refractivity contribution in [2.45, 2.75) is 33.0 Å². The maximum atomic E-state index is 12.8. The molecule has 1 aromatic carbocycles. The van der Waals surface area contributed by atoms with Gasteiger partial charge in [-0.25, -0.2) is 0 Å². The molecule has 0 aliphatic heterocycles. The summed E-state index contributed by atoms with van der Waals surface area (Å²) >= 11 is 0. The molecule has 1 aromatic heterocycles. The van der Waals surface area contributed by atoms with Gasteiger partial charge in [0.15, 0.2) is 5.82 Å². The van der Waals surface area contributed by atoms with E-state index in [0.717, 1.165) is 12.1 Å². The van der Waals surface area contributed by atoms with Crippen LogP contribution in [-0.2, 0) is 6.18 Å². The summed E-state index contributed by atoms with van der Waals surface area (Å²) in [6.45, 7) is 6.21. The summed E-state index contributed by atoms with van der Waals surface area (Å²) in [6.07, 6.45) is -4.40. The number of nitrogens with zero attached hydrogens (tertiary/aromatic N) is 4. The molecule has 1 heterocycles. The Bertz CT molecular complexity index is 621. The number of tetrazole rings is 1. The number of benzene rings is 1. The lowest BCUT2D eigenvalue weighted by Gasteiger charge is -2.15. The number of aromatic nitrogens is 4. The Labute approximate surface area is 120 Å². The minimum atomic E-state index is -4.40. The lowest BCUT2D eigenvalue weighted by molar-refractivity contribution is -0.137. The highest BCUT2D eigenvalue weighted by Crippen LogP contribution is 2.31. The fourth-order valence-corrected chi connectivity index (χ4v) is 2.05. The molecular formula is C13H16F3N5. The van der Waals surface area contributed by atoms with E-state index in [1.165, 1.54) is 10.7 Å². The van der Waals surface area contributed by atoms with Crippen molar-refractivity contribution >= 4 is 0 Å². The molecule has 21 heavy (non-hydrogen) atoms. The molecule has 1 atom stereocenters. The first-order valence-corrected chi connectivity index (χ1v) is 6.54. The van der Waals surface area contributed by atoms with Gasteiger partial charge >= 0.3 is 6.18 Å². The number of rotatable bonds is 4. The maximum absolute atomic E-state index is 12.8. The van der Waals surface area contributed by atoms with Gasteiger partial charge in [-0.05, 0) is 48.5 Å². The number of alkyl halides is 3. The van der Waals surface area contributed by atoms with Crippen LogP contribution in [0.4, 0.5) is 13.2 Å². The van der Waals surface area contributed by atoms with E-state index in [1.54, 1.807) is 6.92 Å². The molecule has 0 aliphatic carbocycles. The highest BCUT2D eigenvalue weighted by Gasteiger charge is 2.31. The monoisotopic (exact) mass is 299 g/mol. The zero-order valence-electron chi connectivity index (χ0n) is 11.9. The van der Waals surface area contributed by atoms with Crippen LogP contribution < -0.4 is 5.32 Å². The van der Waals surface area contributed by atoms with E-state index in [2.05, 4.69) is 20.8 Å². The molecule has 0 aliphatic rings. The predicted molar refractivity (Wildman–Crippen MR) is 71.0 cm³/mol. The second kappa shape index (κ2) is 5.80. The number of hydrogen-bond donors (Lipinski definition) is 1. The van der Waals surface area contributed by atoms with Crippen LogP contribution in [0.1, 0.15) is 36.8 Å². The first kappa shape index (κ1) is 15.4. The molecule has 0 saturated carbocycles. The summed E-state index contributed by atoms with van der Waals surface area (Å²) in [5.41, 5.74) is 0.274. The van der Waals surface area contributed by atoms with Crippen molar-refractivity contribution in [1.82, 2.24) is 25.5 Å². The zero-order chi connectivity index (χ0) is 15.6. The molecule has 1 N–H and O–H groups in total. The molecular weight excluding hydrogens is 283 g/mol. The molecule has 0 amide bonds. The first-order valence-electron chi connectivity index (χ1n) is 6.54. The van der Waals surface area contributed by atoms with Crippen molar-refractivity contribution in [3.63, 3.8) is 0 Å². The first-order chi connectivity index (χ1) is 9.84. The Morgan fingerprint density at radius 2 is 2.05 bits per heavy atom. The molecule has 0 bridgehead atoms. The number of hydrogen-bond acceptors (Lipinski definition) is 4. The van der Waals surface area contributed by atoms with Gasteiger partial charge in [0, 0.05) is 0 Å². The van der Waals surface area contributed by atoms with Crippen LogP contribution in [0.3, 0.4) is 0 Å². The van der Waals surface area contributed by atoms with Gasteiger partial charge in [-0.3, -0.25) is 0 Å². The smallest absolute Gasteiger partial charge is 0.308 e. The number of halogens is 3. The van der Waals surface area contributed by atoms with E-state index in [-0.39, 0.29) is 6.04 Å². The van der Waals surface area contributed by atoms with Gasteiger partial charge in [-0.2, -0.15) is 17.9 Å². The second-order valence-electron chi connectivity index (χ2n) is 4.73. The maximum Gasteiger partial charge on any atom is 0.416 e. The molecule has 1 unspecified atom stereocenters. The Morgan fingerprint density at radius 3 is 2.67 bits per heavy atom. The minimum Gasteiger partial charge on any atom is -0.308 e. The molecule has 5 nitrogen and oxygen atoms in total. The van der Waals surface area contributed by atoms with E-state index in [1.807, 2.05) is 13.8 Å². The van der Waals surface area contributed by atoms with Crippen molar-refractivity contribution in [1.29, 1.82) is 0 Å². The SMILES string of the molecule is CCNC(C)c1nnnn1-c1cc(C(F)(F)F)ccc1C. The van der Waals surface area contributed by atoms with Crippen molar-refractivity contribution in [2.24, 2.45) is 0 Å². The van der Waals surface area contributed by atoms with Gasteiger partial charge in [0.25, 0.3) is 0 Å². The molecule has 0 spiro atoms. The van der Waals surface area contributed by atoms with Gasteiger partial charge in [0.1, 0.15) is 0 Å². The molecule has 114 valence electrons. The summed E-state index contributed by atoms with van der Waals surface area (Å²) in [4.78, 5) is 0. The molecule has 0 saturated heterocycles. The Hall–Kier alpha value is -1.96. The normalized spacial score (nSPS) is 13.4. The Morgan fingerprint density at radius 1 is 1.33 bits per heavy atom. The fourth-order valence-electron chi connectivity index (χ4n) is 2.05. The van der Waals surface area contributed by atoms with Gasteiger partial charge in [-0.15, -0.1) is 5.10 Å². The van der Waals surface area contributed by atoms with Gasteiger partial charge in [0.05, 0.1) is 17.3 Å². The van der Waals surface area contributed by atoms with Crippen molar-refractivity contribution < 1.29 is 13.2 Å². The highest BCUT2D eigenvalue weighted by atomic mass is 19.4. The summed E-state index contributed by atoms with van der Waals surface area (Å²) in [6, 6.07) is 3.37. The van der Waals surface area contributed by atoms with Gasteiger partial charge < -0.3 is 5.32 Å². The predicted octanol–water partition coefficient (Wildman–Crippen LogP) is 2.66. The third-order valence-electron chi connectivity index (χ3n) is 3.16. The standard InChI is InChI=1S/C13H16F3N5/c1-4-17-9(3)12-18-19-20-21(12)11-7-10(13(14,15)16)6-5-8(11)2/h5-7,9,17H,4H2,1-3H3. The number of aryl methyl sites for hydroxylation is 1. The summed E-state index contributed by atoms with van der Waals surface area (Å²) < 4.78 is 39.9. The average Bonchev–Trinajstić information content (AvgIpc) is 2.87. The minimum absolute atomic E-state index is 0.168. The summed E-state index contributed by atoms with van der Waals surface area (Å²) in [5.74, 6) is 0.472. The lowest BCUT2D eigenvalue weighted by Crippen LogP contribution is -2.22. The molecule has 0 radical (unpaired) electrons. The molecule has 8 heteroatoms. The average molecular weight is 299 g/mol. The van der Waals surface area contributed by atoms with Gasteiger partial charge in [0.2, 0.25) is 0 Å². The van der Waals surface area contributed by atoms with Crippen molar-refractivity contribution in [3.05, 3.63) is 35.2 Å². The molecule has 2 rings (SSSR count). The van der Waals surface area contributed by atoms with Crippen molar-refractivity contribution in [2.75, 3.05) is 6.54 Å². The molecule has 2 aromatic rings. The van der Waals surface area contributed by atoms with Gasteiger partial charge in [-0.1, -0.05) is 13.0 Å². The van der Waals surface area contributed by atoms with Crippen LogP contribution in [0, 0.1) is 6.92 Å². The lowest BCUT2D eigenvalue weighted by atomic mass is 10.1. The Balaban J connectivity index is 2.50. The van der Waals surface area contributed by atoms with E-state index < -0.39 is 11.7 Å². The third kappa shape index (κ3) is 3.21. The summed E-state index contributed by atoms with van der Waals surface area (Å²) in [7, 11) is 0. The quantitative estimate of drug-likeness (QED) is 0.943. The van der Waals surface area contributed by atoms with Crippen LogP contribution in [0.15, 0.2) is 18.2 Å². The number of nitrogens with one attached hydrogen (secondary N) is 1. The van der Waals surface area contributed by atoms with E-state index in [9.17, 15) is 13.2 Å². The third-order valence-corrected chi connectivity index (χ3v) is 3.16. The fraction of sp³-hybridized carbons (Fsp3) is 0.462. The Kier molecular flexibility index (Phi) is 4.26. The van der Waals surface area contributed by atoms with Crippen LogP contribution in [0.2, 0.25) is 0 Å². The zero-order valence-corrected chi connectivity index (χ0v) is 11.9. The van der Waals surface area contributed by atoms with Crippen LogP contribution in [0.25, 0.3) is 5.69 Å². The summed E-state index contributed by atoms with van der Waals surface area (Å²) in [5, 5.41) is 14.4.